The molecule has 0 aliphatic rings. The Morgan fingerprint density at radius 1 is 0.979 bits per heavy atom. The second kappa shape index (κ2) is 13.5. The van der Waals surface area contributed by atoms with E-state index in [-0.39, 0.29) is 44.7 Å². The lowest BCUT2D eigenvalue weighted by Gasteiger charge is -2.34. The van der Waals surface area contributed by atoms with Crippen LogP contribution in [0.1, 0.15) is 25.0 Å². The molecule has 2 amide bonds. The number of rotatable bonds is 11. The summed E-state index contributed by atoms with van der Waals surface area (Å²) < 4.78 is 77.2. The largest absolute Gasteiger partial charge is 0.497 e. The molecule has 4 rings (SSSR count). The highest BCUT2D eigenvalue weighted by atomic mass is 32.2. The Bertz CT molecular complexity index is 1950. The summed E-state index contributed by atoms with van der Waals surface area (Å²) in [6.45, 7) is 2.07. The molecular weight excluding hydrogens is 643 g/mol. The summed E-state index contributed by atoms with van der Waals surface area (Å²) in [4.78, 5) is 42.1. The first-order valence-electron chi connectivity index (χ1n) is 13.9. The first-order valence-corrected chi connectivity index (χ1v) is 15.5. The number of hydrogen-bond donors (Lipinski definition) is 4. The van der Waals surface area contributed by atoms with Gasteiger partial charge in [-0.2, -0.15) is 13.2 Å². The number of esters is 1. The summed E-state index contributed by atoms with van der Waals surface area (Å²) in [7, 11) is -2.59. The Balaban J connectivity index is 1.88. The Morgan fingerprint density at radius 2 is 1.70 bits per heavy atom. The number of ether oxygens (including phenoxy) is 2. The van der Waals surface area contributed by atoms with Gasteiger partial charge in [-0.05, 0) is 65.5 Å². The zero-order valence-corrected chi connectivity index (χ0v) is 26.1. The number of halogens is 3. The van der Waals surface area contributed by atoms with Crippen LogP contribution >= 0.6 is 0 Å². The minimum atomic E-state index is -5.52. The maximum absolute atomic E-state index is 14.2. The molecule has 0 spiro atoms. The number of pyridine rings is 1. The fraction of sp³-hybridized carbons (Fsp3) is 0.226. The molecule has 0 saturated carbocycles. The number of carbonyl (C=O) groups excluding carboxylic acids is 3. The lowest BCUT2D eigenvalue weighted by molar-refractivity contribution is -0.213. The average Bonchev–Trinajstić information content (AvgIpc) is 3.02. The van der Waals surface area contributed by atoms with Gasteiger partial charge >= 0.3 is 12.1 Å². The third-order valence-corrected chi connectivity index (χ3v) is 8.75. The molecule has 0 aliphatic heterocycles. The molecular formula is C31H30F3N5O7S. The monoisotopic (exact) mass is 673 g/mol. The molecule has 0 saturated heterocycles. The number of amides is 2. The summed E-state index contributed by atoms with van der Waals surface area (Å²) in [6, 6.07) is 15.1. The predicted molar refractivity (Wildman–Crippen MR) is 167 cm³/mol. The lowest BCUT2D eigenvalue weighted by atomic mass is 9.99. The number of fused-ring (bicyclic) bond motifs is 1. The van der Waals surface area contributed by atoms with Gasteiger partial charge in [-0.15, -0.1) is 0 Å². The maximum atomic E-state index is 14.2. The van der Waals surface area contributed by atoms with Crippen molar-refractivity contribution in [3.8, 4) is 5.75 Å². The SMILES string of the molecule is CCS(=O)(=O)c1ccc(NC(C)=O)cc1CNC(=O)C(Nc1ccc2c(N)nccc2c1)(OC(=O)C(F)(F)F)c1cccc(OC)c1. The van der Waals surface area contributed by atoms with Crippen molar-refractivity contribution in [3.63, 3.8) is 0 Å². The van der Waals surface area contributed by atoms with Gasteiger partial charge in [-0.3, -0.25) is 9.59 Å². The molecule has 4 aromatic rings. The van der Waals surface area contributed by atoms with Crippen molar-refractivity contribution in [2.24, 2.45) is 0 Å². The minimum Gasteiger partial charge on any atom is -0.497 e. The van der Waals surface area contributed by atoms with E-state index in [1.54, 1.807) is 6.07 Å². The number of sulfone groups is 1. The van der Waals surface area contributed by atoms with Crippen LogP contribution in [0.4, 0.5) is 30.4 Å². The van der Waals surface area contributed by atoms with Crippen LogP contribution in [0.25, 0.3) is 10.8 Å². The zero-order valence-electron chi connectivity index (χ0n) is 25.3. The molecule has 47 heavy (non-hydrogen) atoms. The van der Waals surface area contributed by atoms with Crippen LogP contribution < -0.4 is 26.4 Å². The highest BCUT2D eigenvalue weighted by molar-refractivity contribution is 7.91. The van der Waals surface area contributed by atoms with Crippen LogP contribution in [0.5, 0.6) is 5.75 Å². The first kappa shape index (κ1) is 34.5. The quantitative estimate of drug-likeness (QED) is 0.133. The highest BCUT2D eigenvalue weighted by Gasteiger charge is 2.52. The zero-order chi connectivity index (χ0) is 34.6. The number of benzene rings is 3. The van der Waals surface area contributed by atoms with E-state index in [0.29, 0.717) is 10.8 Å². The minimum absolute atomic E-state index is 0.00169. The van der Waals surface area contributed by atoms with E-state index in [4.69, 9.17) is 15.2 Å². The topological polar surface area (TPSA) is 179 Å². The standard InChI is InChI=1S/C31H30F3N5O7S/c1-4-47(43,44)26-11-9-22(38-18(2)40)15-20(26)17-37-28(41)30(46-29(42)31(32,33)34,21-6-5-7-24(16-21)45-3)39-23-8-10-25-19(14-23)12-13-36-27(25)35/h5-16,39H,4,17H2,1-3H3,(H2,35,36)(H,37,41)(H,38,40). The Labute approximate surface area is 267 Å². The van der Waals surface area contributed by atoms with Crippen molar-refractivity contribution >= 4 is 55.6 Å². The summed E-state index contributed by atoms with van der Waals surface area (Å²) >= 11 is 0. The number of aromatic nitrogens is 1. The number of nitrogens with two attached hydrogens (primary N) is 1. The molecule has 0 radical (unpaired) electrons. The molecule has 1 aromatic heterocycles. The normalized spacial score (nSPS) is 12.9. The summed E-state index contributed by atoms with van der Waals surface area (Å²) in [6.07, 6.45) is -4.12. The van der Waals surface area contributed by atoms with E-state index in [2.05, 4.69) is 20.9 Å². The molecule has 1 heterocycles. The van der Waals surface area contributed by atoms with Crippen LogP contribution in [-0.4, -0.2) is 50.2 Å². The second-order valence-corrected chi connectivity index (χ2v) is 12.4. The first-order chi connectivity index (χ1) is 22.1. The van der Waals surface area contributed by atoms with Gasteiger partial charge in [0.05, 0.1) is 17.8 Å². The van der Waals surface area contributed by atoms with Gasteiger partial charge in [-0.25, -0.2) is 18.2 Å². The number of hydrogen-bond acceptors (Lipinski definition) is 10. The summed E-state index contributed by atoms with van der Waals surface area (Å²) in [5.74, 6) is -4.48. The molecule has 12 nitrogen and oxygen atoms in total. The van der Waals surface area contributed by atoms with Gasteiger partial charge in [0, 0.05) is 42.0 Å². The maximum Gasteiger partial charge on any atom is 0.491 e. The number of methoxy groups -OCH3 is 1. The van der Waals surface area contributed by atoms with Gasteiger partial charge in [0.25, 0.3) is 11.6 Å². The molecule has 0 bridgehead atoms. The fourth-order valence-electron chi connectivity index (χ4n) is 4.67. The highest BCUT2D eigenvalue weighted by Crippen LogP contribution is 2.35. The molecule has 0 fully saturated rings. The van der Waals surface area contributed by atoms with E-state index < -0.39 is 46.1 Å². The van der Waals surface area contributed by atoms with Gasteiger partial charge in [0.2, 0.25) is 5.91 Å². The van der Waals surface area contributed by atoms with E-state index in [9.17, 15) is 36.0 Å². The number of nitrogens with zero attached hydrogens (tertiary/aromatic N) is 1. The van der Waals surface area contributed by atoms with Crippen molar-refractivity contribution in [2.45, 2.75) is 37.2 Å². The number of carbonyl (C=O) groups is 3. The Kier molecular flexibility index (Phi) is 9.94. The number of nitrogens with one attached hydrogen (secondary N) is 3. The van der Waals surface area contributed by atoms with Crippen molar-refractivity contribution in [3.05, 3.63) is 84.1 Å². The lowest BCUT2D eigenvalue weighted by Crippen LogP contribution is -2.54. The predicted octanol–water partition coefficient (Wildman–Crippen LogP) is 4.26. The molecule has 1 unspecified atom stereocenters. The van der Waals surface area contributed by atoms with Gasteiger partial charge in [0.1, 0.15) is 11.6 Å². The Hall–Kier alpha value is -5.38. The van der Waals surface area contributed by atoms with Gasteiger partial charge in [0.15, 0.2) is 9.84 Å². The molecule has 16 heteroatoms. The average molecular weight is 674 g/mol. The molecule has 5 N–H and O–H groups in total. The van der Waals surface area contributed by atoms with Crippen LogP contribution in [0.2, 0.25) is 0 Å². The number of nitrogen functional groups attached to an aromatic ring is 1. The van der Waals surface area contributed by atoms with Crippen molar-refractivity contribution in [1.82, 2.24) is 10.3 Å². The molecule has 248 valence electrons. The third-order valence-electron chi connectivity index (χ3n) is 6.92. The van der Waals surface area contributed by atoms with E-state index in [1.165, 1.54) is 87.8 Å². The number of anilines is 3. The van der Waals surface area contributed by atoms with E-state index in [1.807, 2.05) is 0 Å². The molecule has 0 aliphatic carbocycles. The van der Waals surface area contributed by atoms with Crippen molar-refractivity contribution in [1.29, 1.82) is 0 Å². The van der Waals surface area contributed by atoms with Crippen molar-refractivity contribution in [2.75, 3.05) is 29.2 Å². The molecule has 1 atom stereocenters. The molecule has 3 aromatic carbocycles. The Morgan fingerprint density at radius 3 is 2.36 bits per heavy atom. The van der Waals surface area contributed by atoms with Gasteiger partial charge < -0.3 is 31.2 Å². The summed E-state index contributed by atoms with van der Waals surface area (Å²) in [5, 5.41) is 8.59. The van der Waals surface area contributed by atoms with Crippen molar-refractivity contribution < 1.29 is 45.4 Å². The van der Waals surface area contributed by atoms with Crippen LogP contribution in [0.3, 0.4) is 0 Å². The van der Waals surface area contributed by atoms with Gasteiger partial charge in [-0.1, -0.05) is 19.1 Å². The smallest absolute Gasteiger partial charge is 0.491 e. The van der Waals surface area contributed by atoms with E-state index in [0.717, 1.165) is 0 Å². The summed E-state index contributed by atoms with van der Waals surface area (Å²) in [5.41, 5.74) is 3.01. The van der Waals surface area contributed by atoms with Crippen LogP contribution in [0.15, 0.2) is 77.8 Å². The number of alkyl halides is 3. The van der Waals surface area contributed by atoms with E-state index >= 15 is 0 Å². The second-order valence-electron chi connectivity index (χ2n) is 10.1. The van der Waals surface area contributed by atoms with Crippen LogP contribution in [-0.2, 0) is 41.2 Å². The van der Waals surface area contributed by atoms with Crippen LogP contribution in [0, 0.1) is 0 Å². The third kappa shape index (κ3) is 7.71. The fourth-order valence-corrected chi connectivity index (χ4v) is 5.79.